The first-order chi connectivity index (χ1) is 7.25. The molecular weight excluding hydrogens is 208 g/mol. The molecule has 0 aliphatic carbocycles. The minimum absolute atomic E-state index is 0.198. The molecule has 1 heterocycles. The second-order valence-electron chi connectivity index (χ2n) is 5.06. The first-order valence-corrected chi connectivity index (χ1v) is 5.26. The van der Waals surface area contributed by atoms with E-state index >= 15 is 0 Å². The molecule has 16 heavy (non-hydrogen) atoms. The van der Waals surface area contributed by atoms with Crippen molar-refractivity contribution in [2.75, 3.05) is 0 Å². The molecule has 1 aromatic heterocycles. The molecule has 90 valence electrons. The zero-order valence-electron chi connectivity index (χ0n) is 10.3. The lowest BCUT2D eigenvalue weighted by Gasteiger charge is -2.22. The first-order valence-electron chi connectivity index (χ1n) is 5.26. The number of aliphatic carboxylic acids is 1. The summed E-state index contributed by atoms with van der Waals surface area (Å²) in [7, 11) is 0. The van der Waals surface area contributed by atoms with Crippen LogP contribution in [0.2, 0.25) is 0 Å². The Bertz CT molecular complexity index is 380. The van der Waals surface area contributed by atoms with Gasteiger partial charge in [0, 0.05) is 5.41 Å². The van der Waals surface area contributed by atoms with E-state index in [-0.39, 0.29) is 11.5 Å². The molecule has 0 radical (unpaired) electrons. The lowest BCUT2D eigenvalue weighted by atomic mass is 9.94. The molecule has 2 atom stereocenters. The summed E-state index contributed by atoms with van der Waals surface area (Å²) in [6.07, 6.45) is 0. The van der Waals surface area contributed by atoms with Crippen LogP contribution in [0.1, 0.15) is 46.5 Å². The zero-order chi connectivity index (χ0) is 12.5. The maximum atomic E-state index is 10.9. The van der Waals surface area contributed by atoms with Gasteiger partial charge in [0.2, 0.25) is 0 Å². The number of rotatable bonds is 3. The van der Waals surface area contributed by atoms with Crippen molar-refractivity contribution in [2.24, 2.45) is 5.92 Å². The van der Waals surface area contributed by atoms with Crippen LogP contribution in [-0.4, -0.2) is 31.3 Å². The van der Waals surface area contributed by atoms with Crippen molar-refractivity contribution in [1.29, 1.82) is 0 Å². The molecule has 1 rings (SSSR count). The predicted octanol–water partition coefficient (Wildman–Crippen LogP) is 1.25. The molecule has 0 amide bonds. The molecule has 0 aliphatic heterocycles. The quantitative estimate of drug-likeness (QED) is 0.839. The van der Waals surface area contributed by atoms with Gasteiger partial charge in [0.1, 0.15) is 0 Å². The monoisotopic (exact) mass is 226 g/mol. The Labute approximate surface area is 94.7 Å². The van der Waals surface area contributed by atoms with Crippen molar-refractivity contribution in [3.63, 3.8) is 0 Å². The van der Waals surface area contributed by atoms with Crippen molar-refractivity contribution in [3.8, 4) is 0 Å². The largest absolute Gasteiger partial charge is 0.481 e. The van der Waals surface area contributed by atoms with E-state index in [1.54, 1.807) is 11.6 Å². The number of carbonyl (C=O) groups is 1. The molecule has 0 spiro atoms. The smallest absolute Gasteiger partial charge is 0.308 e. The Kier molecular flexibility index (Phi) is 3.30. The Morgan fingerprint density at radius 2 is 1.94 bits per heavy atom. The van der Waals surface area contributed by atoms with Crippen LogP contribution in [0, 0.1) is 5.92 Å². The van der Waals surface area contributed by atoms with Gasteiger partial charge in [-0.3, -0.25) is 4.79 Å². The predicted molar refractivity (Wildman–Crippen MR) is 58.0 cm³/mol. The molecule has 0 saturated heterocycles. The van der Waals surface area contributed by atoms with Crippen LogP contribution in [0.3, 0.4) is 0 Å². The fraction of sp³-hybridized carbons (Fsp3) is 0.800. The number of aromatic nitrogens is 4. The number of carboxylic acid groups (broad SMARTS) is 1. The number of nitrogens with zero attached hydrogens (tertiary/aromatic N) is 4. The highest BCUT2D eigenvalue weighted by Gasteiger charge is 2.29. The Balaban J connectivity index is 3.06. The zero-order valence-corrected chi connectivity index (χ0v) is 10.3. The van der Waals surface area contributed by atoms with Crippen LogP contribution >= 0.6 is 0 Å². The number of hydrogen-bond donors (Lipinski definition) is 1. The van der Waals surface area contributed by atoms with Gasteiger partial charge in [-0.05, 0) is 24.3 Å². The van der Waals surface area contributed by atoms with Crippen LogP contribution < -0.4 is 0 Å². The van der Waals surface area contributed by atoms with Crippen molar-refractivity contribution in [2.45, 2.75) is 46.1 Å². The van der Waals surface area contributed by atoms with E-state index in [2.05, 4.69) is 15.5 Å². The molecular formula is C10H18N4O2. The Morgan fingerprint density at radius 3 is 2.38 bits per heavy atom. The number of hydrogen-bond acceptors (Lipinski definition) is 4. The van der Waals surface area contributed by atoms with Crippen molar-refractivity contribution in [1.82, 2.24) is 20.2 Å². The second kappa shape index (κ2) is 4.19. The van der Waals surface area contributed by atoms with Gasteiger partial charge in [-0.1, -0.05) is 20.8 Å². The van der Waals surface area contributed by atoms with Gasteiger partial charge in [-0.25, -0.2) is 4.68 Å². The fourth-order valence-corrected chi connectivity index (χ4v) is 1.38. The molecule has 6 heteroatoms. The minimum Gasteiger partial charge on any atom is -0.481 e. The summed E-state index contributed by atoms with van der Waals surface area (Å²) in [6.45, 7) is 9.44. The van der Waals surface area contributed by atoms with Crippen LogP contribution in [0.4, 0.5) is 0 Å². The van der Waals surface area contributed by atoms with E-state index in [0.717, 1.165) is 0 Å². The molecule has 1 N–H and O–H groups in total. The molecule has 0 aromatic carbocycles. The third-order valence-electron chi connectivity index (χ3n) is 2.66. The van der Waals surface area contributed by atoms with E-state index in [1.165, 1.54) is 0 Å². The average molecular weight is 226 g/mol. The van der Waals surface area contributed by atoms with Crippen LogP contribution in [0.15, 0.2) is 0 Å². The van der Waals surface area contributed by atoms with Crippen LogP contribution in [-0.2, 0) is 10.2 Å². The summed E-state index contributed by atoms with van der Waals surface area (Å²) < 4.78 is 1.60. The van der Waals surface area contributed by atoms with Crippen molar-refractivity contribution in [3.05, 3.63) is 5.82 Å². The maximum Gasteiger partial charge on any atom is 0.308 e. The van der Waals surface area contributed by atoms with E-state index in [4.69, 9.17) is 5.11 Å². The summed E-state index contributed by atoms with van der Waals surface area (Å²) in [4.78, 5) is 10.9. The van der Waals surface area contributed by atoms with E-state index in [0.29, 0.717) is 5.82 Å². The first kappa shape index (κ1) is 12.6. The van der Waals surface area contributed by atoms with Gasteiger partial charge >= 0.3 is 5.97 Å². The van der Waals surface area contributed by atoms with Crippen molar-refractivity contribution >= 4 is 5.97 Å². The van der Waals surface area contributed by atoms with Gasteiger partial charge in [0.15, 0.2) is 5.82 Å². The second-order valence-corrected chi connectivity index (χ2v) is 5.06. The molecule has 2 unspecified atom stereocenters. The summed E-state index contributed by atoms with van der Waals surface area (Å²) in [6, 6.07) is -0.262. The van der Waals surface area contributed by atoms with E-state index in [9.17, 15) is 4.79 Å². The van der Waals surface area contributed by atoms with Crippen molar-refractivity contribution < 1.29 is 9.90 Å². The molecule has 0 bridgehead atoms. The topological polar surface area (TPSA) is 80.9 Å². The highest BCUT2D eigenvalue weighted by Crippen LogP contribution is 2.24. The third kappa shape index (κ3) is 2.37. The van der Waals surface area contributed by atoms with Gasteiger partial charge in [-0.2, -0.15) is 0 Å². The lowest BCUT2D eigenvalue weighted by molar-refractivity contribution is -0.142. The van der Waals surface area contributed by atoms with Gasteiger partial charge < -0.3 is 5.11 Å². The van der Waals surface area contributed by atoms with Gasteiger partial charge in [0.25, 0.3) is 0 Å². The molecule has 0 saturated carbocycles. The summed E-state index contributed by atoms with van der Waals surface area (Å²) in [5, 5.41) is 20.4. The minimum atomic E-state index is -0.845. The molecule has 0 aliphatic rings. The number of tetrazole rings is 1. The normalized spacial score (nSPS) is 15.8. The van der Waals surface area contributed by atoms with Crippen LogP contribution in [0.25, 0.3) is 0 Å². The fourth-order valence-electron chi connectivity index (χ4n) is 1.38. The van der Waals surface area contributed by atoms with E-state index in [1.807, 2.05) is 27.7 Å². The Hall–Kier alpha value is -1.46. The summed E-state index contributed by atoms with van der Waals surface area (Å²) >= 11 is 0. The molecule has 0 fully saturated rings. The third-order valence-corrected chi connectivity index (χ3v) is 2.66. The summed E-state index contributed by atoms with van der Waals surface area (Å²) in [5.74, 6) is -0.666. The lowest BCUT2D eigenvalue weighted by Crippen LogP contribution is -2.28. The Morgan fingerprint density at radius 1 is 1.38 bits per heavy atom. The van der Waals surface area contributed by atoms with Crippen LogP contribution in [0.5, 0.6) is 0 Å². The number of carboxylic acids is 1. The van der Waals surface area contributed by atoms with Gasteiger partial charge in [0.05, 0.1) is 12.0 Å². The van der Waals surface area contributed by atoms with Gasteiger partial charge in [-0.15, -0.1) is 5.10 Å². The maximum absolute atomic E-state index is 10.9. The summed E-state index contributed by atoms with van der Waals surface area (Å²) in [5.41, 5.74) is -0.198. The average Bonchev–Trinajstić information content (AvgIpc) is 2.62. The highest BCUT2D eigenvalue weighted by atomic mass is 16.4. The standard InChI is InChI=1S/C10H18N4O2/c1-6(8(15)16)7(2)14-9(10(3,4)5)11-12-13-14/h6-7H,1-5H3,(H,15,16). The molecule has 1 aromatic rings. The highest BCUT2D eigenvalue weighted by molar-refractivity contribution is 5.70. The SMILES string of the molecule is CC(C(=O)O)C(C)n1nnnc1C(C)(C)C. The van der Waals surface area contributed by atoms with E-state index < -0.39 is 11.9 Å². The molecule has 6 nitrogen and oxygen atoms in total.